The molecule has 7 nitrogen and oxygen atoms in total. The molecule has 1 aliphatic heterocycles. The number of carboxylic acid groups (broad SMARTS) is 1. The highest BCUT2D eigenvalue weighted by molar-refractivity contribution is 7.89. The van der Waals surface area contributed by atoms with E-state index in [2.05, 4.69) is 4.72 Å². The zero-order valence-corrected chi connectivity index (χ0v) is 8.53. The summed E-state index contributed by atoms with van der Waals surface area (Å²) in [5.41, 5.74) is 0. The van der Waals surface area contributed by atoms with Crippen LogP contribution in [0.2, 0.25) is 0 Å². The van der Waals surface area contributed by atoms with Crippen molar-refractivity contribution < 1.29 is 23.1 Å². The summed E-state index contributed by atoms with van der Waals surface area (Å²) >= 11 is 0. The van der Waals surface area contributed by atoms with Crippen molar-refractivity contribution in [3.8, 4) is 6.07 Å². The van der Waals surface area contributed by atoms with Crippen LogP contribution in [0.3, 0.4) is 0 Å². The van der Waals surface area contributed by atoms with Gasteiger partial charge in [-0.1, -0.05) is 0 Å². The van der Waals surface area contributed by atoms with E-state index in [0.29, 0.717) is 0 Å². The topological polar surface area (TPSA) is 116 Å². The summed E-state index contributed by atoms with van der Waals surface area (Å²) in [6.07, 6.45) is 0. The third-order valence-electron chi connectivity index (χ3n) is 1.98. The van der Waals surface area contributed by atoms with Gasteiger partial charge in [0.2, 0.25) is 10.0 Å². The molecule has 0 aromatic rings. The number of hydrogen-bond acceptors (Lipinski definition) is 5. The van der Waals surface area contributed by atoms with Crippen molar-refractivity contribution in [2.75, 3.05) is 19.0 Å². The number of nitrogens with one attached hydrogen (secondary N) is 1. The van der Waals surface area contributed by atoms with Crippen LogP contribution in [0.25, 0.3) is 0 Å². The SMILES string of the molecule is N#CCS(=O)(=O)NC1COCC1C(=O)O. The number of hydrogen-bond donors (Lipinski definition) is 2. The third kappa shape index (κ3) is 3.16. The Labute approximate surface area is 86.7 Å². The monoisotopic (exact) mass is 234 g/mol. The van der Waals surface area contributed by atoms with Gasteiger partial charge in [0, 0.05) is 0 Å². The Bertz CT molecular complexity index is 385. The fraction of sp³-hybridized carbons (Fsp3) is 0.714. The maximum Gasteiger partial charge on any atom is 0.310 e. The van der Waals surface area contributed by atoms with Gasteiger partial charge in [0.25, 0.3) is 0 Å². The lowest BCUT2D eigenvalue weighted by Gasteiger charge is -2.14. The van der Waals surface area contributed by atoms with Gasteiger partial charge in [-0.3, -0.25) is 4.79 Å². The van der Waals surface area contributed by atoms with Crippen LogP contribution in [0.1, 0.15) is 0 Å². The van der Waals surface area contributed by atoms with E-state index in [9.17, 15) is 13.2 Å². The first-order valence-corrected chi connectivity index (χ1v) is 5.79. The van der Waals surface area contributed by atoms with E-state index in [1.807, 2.05) is 0 Å². The van der Waals surface area contributed by atoms with Crippen molar-refractivity contribution in [2.45, 2.75) is 6.04 Å². The average molecular weight is 234 g/mol. The van der Waals surface area contributed by atoms with Crippen LogP contribution >= 0.6 is 0 Å². The molecule has 0 aromatic heterocycles. The third-order valence-corrected chi connectivity index (χ3v) is 3.15. The van der Waals surface area contributed by atoms with Crippen LogP contribution in [-0.2, 0) is 19.6 Å². The van der Waals surface area contributed by atoms with E-state index in [1.165, 1.54) is 6.07 Å². The van der Waals surface area contributed by atoms with Gasteiger partial charge in [-0.15, -0.1) is 0 Å². The molecule has 0 bridgehead atoms. The molecule has 2 N–H and O–H groups in total. The second-order valence-corrected chi connectivity index (χ2v) is 4.88. The summed E-state index contributed by atoms with van der Waals surface area (Å²) in [5, 5.41) is 17.0. The molecule has 0 radical (unpaired) electrons. The Morgan fingerprint density at radius 2 is 2.27 bits per heavy atom. The molecule has 8 heteroatoms. The standard InChI is InChI=1S/C7H10N2O5S/c8-1-2-15(12,13)9-6-4-14-3-5(6)7(10)11/h5-6,9H,2-4H2,(H,10,11). The van der Waals surface area contributed by atoms with Gasteiger partial charge >= 0.3 is 5.97 Å². The van der Waals surface area contributed by atoms with Gasteiger partial charge in [0.15, 0.2) is 5.75 Å². The Kier molecular flexibility index (Phi) is 3.62. The van der Waals surface area contributed by atoms with Crippen molar-refractivity contribution in [1.29, 1.82) is 5.26 Å². The molecule has 0 aliphatic carbocycles. The molecule has 1 aliphatic rings. The van der Waals surface area contributed by atoms with Crippen LogP contribution in [0, 0.1) is 17.2 Å². The summed E-state index contributed by atoms with van der Waals surface area (Å²) in [6.45, 7) is -0.00327. The fourth-order valence-electron chi connectivity index (χ4n) is 1.27. The molecule has 0 amide bonds. The van der Waals surface area contributed by atoms with Crippen molar-refractivity contribution >= 4 is 16.0 Å². The zero-order valence-electron chi connectivity index (χ0n) is 7.71. The van der Waals surface area contributed by atoms with Crippen LogP contribution in [0.15, 0.2) is 0 Å². The minimum Gasteiger partial charge on any atom is -0.481 e. The molecule has 1 fully saturated rings. The Morgan fingerprint density at radius 3 is 2.80 bits per heavy atom. The summed E-state index contributed by atoms with van der Waals surface area (Å²) in [4.78, 5) is 10.7. The van der Waals surface area contributed by atoms with E-state index in [0.717, 1.165) is 0 Å². The molecular weight excluding hydrogens is 224 g/mol. The second-order valence-electron chi connectivity index (χ2n) is 3.12. The number of aliphatic carboxylic acids is 1. The van der Waals surface area contributed by atoms with Crippen molar-refractivity contribution in [1.82, 2.24) is 4.72 Å². The van der Waals surface area contributed by atoms with Crippen LogP contribution < -0.4 is 4.72 Å². The summed E-state index contributed by atoms with van der Waals surface area (Å²) < 4.78 is 29.3. The summed E-state index contributed by atoms with van der Waals surface area (Å²) in [7, 11) is -3.74. The number of rotatable bonds is 4. The molecule has 1 saturated heterocycles. The van der Waals surface area contributed by atoms with Crippen molar-refractivity contribution in [3.05, 3.63) is 0 Å². The van der Waals surface area contributed by atoms with Gasteiger partial charge < -0.3 is 9.84 Å². The molecule has 15 heavy (non-hydrogen) atoms. The van der Waals surface area contributed by atoms with Gasteiger partial charge in [0.05, 0.1) is 31.2 Å². The summed E-state index contributed by atoms with van der Waals surface area (Å²) in [5.74, 6) is -2.69. The minimum absolute atomic E-state index is 0.0155. The Hall–Kier alpha value is -1.17. The van der Waals surface area contributed by atoms with Gasteiger partial charge in [-0.05, 0) is 0 Å². The first kappa shape index (κ1) is 11.9. The molecule has 1 rings (SSSR count). The molecule has 0 spiro atoms. The molecule has 1 heterocycles. The smallest absolute Gasteiger partial charge is 0.310 e. The predicted octanol–water partition coefficient (Wildman–Crippen LogP) is -1.47. The number of sulfonamides is 1. The molecule has 2 unspecified atom stereocenters. The Morgan fingerprint density at radius 1 is 1.60 bits per heavy atom. The van der Waals surface area contributed by atoms with E-state index >= 15 is 0 Å². The first-order valence-electron chi connectivity index (χ1n) is 4.14. The van der Waals surface area contributed by atoms with E-state index in [4.69, 9.17) is 15.1 Å². The molecule has 0 aromatic carbocycles. The average Bonchev–Trinajstić information content (AvgIpc) is 2.50. The minimum atomic E-state index is -3.74. The molecular formula is C7H10N2O5S. The van der Waals surface area contributed by atoms with Crippen molar-refractivity contribution in [3.63, 3.8) is 0 Å². The van der Waals surface area contributed by atoms with Crippen LogP contribution in [0.5, 0.6) is 0 Å². The highest BCUT2D eigenvalue weighted by Gasteiger charge is 2.36. The van der Waals surface area contributed by atoms with E-state index in [-0.39, 0.29) is 13.2 Å². The highest BCUT2D eigenvalue weighted by atomic mass is 32.2. The van der Waals surface area contributed by atoms with Gasteiger partial charge in [-0.25, -0.2) is 13.1 Å². The number of carboxylic acids is 1. The lowest BCUT2D eigenvalue weighted by atomic mass is 10.1. The van der Waals surface area contributed by atoms with Crippen LogP contribution in [0.4, 0.5) is 0 Å². The maximum absolute atomic E-state index is 11.2. The highest BCUT2D eigenvalue weighted by Crippen LogP contribution is 2.14. The quantitative estimate of drug-likeness (QED) is 0.613. The first-order chi connectivity index (χ1) is 6.96. The Balaban J connectivity index is 2.66. The van der Waals surface area contributed by atoms with E-state index in [1.54, 1.807) is 0 Å². The van der Waals surface area contributed by atoms with E-state index < -0.39 is 33.7 Å². The zero-order chi connectivity index (χ0) is 11.5. The summed E-state index contributed by atoms with van der Waals surface area (Å²) in [6, 6.07) is 0.696. The maximum atomic E-state index is 11.2. The van der Waals surface area contributed by atoms with Crippen molar-refractivity contribution in [2.24, 2.45) is 5.92 Å². The normalized spacial score (nSPS) is 26.1. The molecule has 84 valence electrons. The van der Waals surface area contributed by atoms with Gasteiger partial charge in [-0.2, -0.15) is 5.26 Å². The number of ether oxygens (including phenoxy) is 1. The number of nitriles is 1. The number of carbonyl (C=O) groups is 1. The van der Waals surface area contributed by atoms with Crippen LogP contribution in [-0.4, -0.2) is 44.5 Å². The largest absolute Gasteiger partial charge is 0.481 e. The fourth-order valence-corrected chi connectivity index (χ4v) is 2.22. The second kappa shape index (κ2) is 4.57. The predicted molar refractivity (Wildman–Crippen MR) is 48.3 cm³/mol. The number of nitrogens with zero attached hydrogens (tertiary/aromatic N) is 1. The lowest BCUT2D eigenvalue weighted by Crippen LogP contribution is -2.43. The molecule has 0 saturated carbocycles. The lowest BCUT2D eigenvalue weighted by molar-refractivity contribution is -0.142. The van der Waals surface area contributed by atoms with Gasteiger partial charge in [0.1, 0.15) is 0 Å². The molecule has 2 atom stereocenters.